The summed E-state index contributed by atoms with van der Waals surface area (Å²) in [5, 5.41) is 2.88. The van der Waals surface area contributed by atoms with E-state index in [1.807, 2.05) is 37.3 Å². The van der Waals surface area contributed by atoms with E-state index in [1.165, 1.54) is 9.13 Å². The number of para-hydroxylation sites is 1. The van der Waals surface area contributed by atoms with Crippen LogP contribution in [0.1, 0.15) is 5.76 Å². The van der Waals surface area contributed by atoms with Gasteiger partial charge in [0.1, 0.15) is 18.1 Å². The van der Waals surface area contributed by atoms with E-state index < -0.39 is 0 Å². The Morgan fingerprint density at radius 3 is 2.74 bits per heavy atom. The lowest BCUT2D eigenvalue weighted by molar-refractivity contribution is -0.116. The Labute approximate surface area is 154 Å². The number of carbonyl (C=O) groups excluding carboxylic acids is 1. The van der Waals surface area contributed by atoms with Gasteiger partial charge in [0, 0.05) is 18.8 Å². The summed E-state index contributed by atoms with van der Waals surface area (Å²) in [6.07, 6.45) is 1.62. The zero-order valence-electron chi connectivity index (χ0n) is 15.0. The van der Waals surface area contributed by atoms with Crippen molar-refractivity contribution in [2.45, 2.75) is 13.5 Å². The van der Waals surface area contributed by atoms with Crippen LogP contribution in [0.25, 0.3) is 22.5 Å². The summed E-state index contributed by atoms with van der Waals surface area (Å²) < 4.78 is 8.52. The number of carbonyl (C=O) groups is 1. The van der Waals surface area contributed by atoms with Gasteiger partial charge >= 0.3 is 5.69 Å². The van der Waals surface area contributed by atoms with Crippen molar-refractivity contribution in [2.75, 3.05) is 5.32 Å². The lowest BCUT2D eigenvalue weighted by Crippen LogP contribution is -2.28. The van der Waals surface area contributed by atoms with E-state index in [1.54, 1.807) is 31.4 Å². The number of pyridine rings is 1. The van der Waals surface area contributed by atoms with Crippen LogP contribution >= 0.6 is 0 Å². The van der Waals surface area contributed by atoms with Gasteiger partial charge in [-0.15, -0.1) is 0 Å². The molecule has 3 aromatic heterocycles. The molecule has 136 valence electrons. The SMILES string of the molecule is Cc1ccc(-c2ccccc2NC(=O)Cn2c(=O)n(C)c3ncccc32)o1. The summed E-state index contributed by atoms with van der Waals surface area (Å²) in [4.78, 5) is 29.3. The number of aryl methyl sites for hydroxylation is 2. The van der Waals surface area contributed by atoms with Gasteiger partial charge in [-0.2, -0.15) is 0 Å². The van der Waals surface area contributed by atoms with E-state index in [9.17, 15) is 9.59 Å². The molecular weight excluding hydrogens is 344 g/mol. The fraction of sp³-hybridized carbons (Fsp3) is 0.150. The molecule has 0 aliphatic carbocycles. The molecule has 0 bridgehead atoms. The Balaban J connectivity index is 1.64. The fourth-order valence-corrected chi connectivity index (χ4v) is 3.10. The molecule has 0 saturated heterocycles. The zero-order chi connectivity index (χ0) is 19.0. The number of imidazole rings is 1. The zero-order valence-corrected chi connectivity index (χ0v) is 15.0. The van der Waals surface area contributed by atoms with Gasteiger partial charge in [0.25, 0.3) is 0 Å². The maximum absolute atomic E-state index is 12.6. The van der Waals surface area contributed by atoms with Crippen molar-refractivity contribution >= 4 is 22.8 Å². The molecule has 4 rings (SSSR count). The first-order chi connectivity index (χ1) is 13.0. The highest BCUT2D eigenvalue weighted by molar-refractivity contribution is 5.95. The van der Waals surface area contributed by atoms with Crippen molar-refractivity contribution in [2.24, 2.45) is 7.05 Å². The third kappa shape index (κ3) is 3.03. The summed E-state index contributed by atoms with van der Waals surface area (Å²) in [7, 11) is 1.64. The molecule has 7 nitrogen and oxygen atoms in total. The maximum atomic E-state index is 12.6. The van der Waals surface area contributed by atoms with Crippen molar-refractivity contribution in [1.82, 2.24) is 14.1 Å². The Kier molecular flexibility index (Phi) is 4.12. The van der Waals surface area contributed by atoms with E-state index in [0.29, 0.717) is 22.6 Å². The van der Waals surface area contributed by atoms with Gasteiger partial charge in [-0.05, 0) is 43.3 Å². The molecule has 1 N–H and O–H groups in total. The fourth-order valence-electron chi connectivity index (χ4n) is 3.10. The molecular formula is C20H18N4O3. The first-order valence-corrected chi connectivity index (χ1v) is 8.50. The molecule has 0 unspecified atom stereocenters. The summed E-state index contributed by atoms with van der Waals surface area (Å²) in [5.41, 5.74) is 2.29. The van der Waals surface area contributed by atoms with E-state index in [4.69, 9.17) is 4.42 Å². The quantitative estimate of drug-likeness (QED) is 0.605. The number of fused-ring (bicyclic) bond motifs is 1. The number of amides is 1. The van der Waals surface area contributed by atoms with Crippen LogP contribution in [-0.2, 0) is 18.4 Å². The highest BCUT2D eigenvalue weighted by Crippen LogP contribution is 2.29. The standard InChI is InChI=1S/C20H18N4O3/c1-13-9-10-17(27-13)14-6-3-4-7-15(14)22-18(25)12-24-16-8-5-11-21-19(16)23(2)20(24)26/h3-11H,12H2,1-2H3,(H,22,25). The Hall–Kier alpha value is -3.61. The van der Waals surface area contributed by atoms with E-state index >= 15 is 0 Å². The normalized spacial score (nSPS) is 11.0. The minimum atomic E-state index is -0.302. The molecule has 0 radical (unpaired) electrons. The summed E-state index contributed by atoms with van der Waals surface area (Å²) in [6, 6.07) is 14.6. The minimum absolute atomic E-state index is 0.104. The summed E-state index contributed by atoms with van der Waals surface area (Å²) in [6.45, 7) is 1.76. The second-order valence-electron chi connectivity index (χ2n) is 6.28. The van der Waals surface area contributed by atoms with Crippen LogP contribution in [0.15, 0.2) is 63.9 Å². The van der Waals surface area contributed by atoms with Crippen LogP contribution in [0.3, 0.4) is 0 Å². The van der Waals surface area contributed by atoms with Gasteiger partial charge in [0.2, 0.25) is 5.91 Å². The molecule has 4 aromatic rings. The lowest BCUT2D eigenvalue weighted by atomic mass is 10.1. The number of nitrogens with one attached hydrogen (secondary N) is 1. The molecule has 0 aliphatic rings. The molecule has 0 aliphatic heterocycles. The van der Waals surface area contributed by atoms with Crippen LogP contribution in [0.5, 0.6) is 0 Å². The first-order valence-electron chi connectivity index (χ1n) is 8.50. The number of rotatable bonds is 4. The third-order valence-electron chi connectivity index (χ3n) is 4.40. The number of hydrogen-bond donors (Lipinski definition) is 1. The van der Waals surface area contributed by atoms with Gasteiger partial charge in [-0.25, -0.2) is 9.78 Å². The predicted octanol–water partition coefficient (Wildman–Crippen LogP) is 2.94. The molecule has 3 heterocycles. The van der Waals surface area contributed by atoms with Gasteiger partial charge in [-0.3, -0.25) is 13.9 Å². The first kappa shape index (κ1) is 16.8. The van der Waals surface area contributed by atoms with Crippen molar-refractivity contribution in [3.05, 3.63) is 71.0 Å². The maximum Gasteiger partial charge on any atom is 0.330 e. The molecule has 0 saturated carbocycles. The van der Waals surface area contributed by atoms with Crippen LogP contribution in [0.4, 0.5) is 5.69 Å². The van der Waals surface area contributed by atoms with Crippen LogP contribution in [0.2, 0.25) is 0 Å². The number of nitrogens with zero attached hydrogens (tertiary/aromatic N) is 3. The van der Waals surface area contributed by atoms with Gasteiger partial charge in [0.15, 0.2) is 5.65 Å². The number of benzene rings is 1. The summed E-state index contributed by atoms with van der Waals surface area (Å²) >= 11 is 0. The largest absolute Gasteiger partial charge is 0.461 e. The van der Waals surface area contributed by atoms with Crippen molar-refractivity contribution in [3.63, 3.8) is 0 Å². The summed E-state index contributed by atoms with van der Waals surface area (Å²) in [5.74, 6) is 1.17. The van der Waals surface area contributed by atoms with E-state index in [2.05, 4.69) is 10.3 Å². The molecule has 0 atom stereocenters. The molecule has 1 amide bonds. The van der Waals surface area contributed by atoms with E-state index in [0.717, 1.165) is 11.3 Å². The molecule has 1 aromatic carbocycles. The smallest absolute Gasteiger partial charge is 0.330 e. The minimum Gasteiger partial charge on any atom is -0.461 e. The molecule has 7 heteroatoms. The topological polar surface area (TPSA) is 82.1 Å². The second-order valence-corrected chi connectivity index (χ2v) is 6.28. The third-order valence-corrected chi connectivity index (χ3v) is 4.40. The van der Waals surface area contributed by atoms with Crippen molar-refractivity contribution in [3.8, 4) is 11.3 Å². The average molecular weight is 362 g/mol. The molecule has 27 heavy (non-hydrogen) atoms. The molecule has 0 fully saturated rings. The lowest BCUT2D eigenvalue weighted by Gasteiger charge is -2.10. The Morgan fingerprint density at radius 2 is 1.96 bits per heavy atom. The molecule has 0 spiro atoms. The van der Waals surface area contributed by atoms with Gasteiger partial charge < -0.3 is 9.73 Å². The predicted molar refractivity (Wildman–Crippen MR) is 102 cm³/mol. The van der Waals surface area contributed by atoms with Crippen LogP contribution in [-0.4, -0.2) is 20.0 Å². The Morgan fingerprint density at radius 1 is 1.15 bits per heavy atom. The van der Waals surface area contributed by atoms with E-state index in [-0.39, 0.29) is 18.1 Å². The highest BCUT2D eigenvalue weighted by atomic mass is 16.3. The van der Waals surface area contributed by atoms with Crippen molar-refractivity contribution in [1.29, 1.82) is 0 Å². The highest BCUT2D eigenvalue weighted by Gasteiger charge is 2.16. The number of anilines is 1. The van der Waals surface area contributed by atoms with Crippen molar-refractivity contribution < 1.29 is 9.21 Å². The van der Waals surface area contributed by atoms with Gasteiger partial charge in [-0.1, -0.05) is 12.1 Å². The number of aromatic nitrogens is 3. The second kappa shape index (κ2) is 6.60. The van der Waals surface area contributed by atoms with Crippen LogP contribution in [0, 0.1) is 6.92 Å². The Bertz CT molecular complexity index is 1200. The average Bonchev–Trinajstić information content (AvgIpc) is 3.20. The number of hydrogen-bond acceptors (Lipinski definition) is 4. The monoisotopic (exact) mass is 362 g/mol. The number of furan rings is 1. The van der Waals surface area contributed by atoms with Crippen LogP contribution < -0.4 is 11.0 Å². The van der Waals surface area contributed by atoms with Gasteiger partial charge in [0.05, 0.1) is 11.2 Å².